The number of amides is 4. The van der Waals surface area contributed by atoms with Gasteiger partial charge in [0.2, 0.25) is 0 Å². The average molecular weight is 879 g/mol. The van der Waals surface area contributed by atoms with Crippen molar-refractivity contribution >= 4 is 104 Å². The zero-order chi connectivity index (χ0) is 41.9. The number of nitrogens with zero attached hydrogens (tertiary/aromatic N) is 4. The number of alkyl carbamates (subject to hydrolysis) is 2. The van der Waals surface area contributed by atoms with Gasteiger partial charge in [0.25, 0.3) is 11.8 Å². The summed E-state index contributed by atoms with van der Waals surface area (Å²) in [6.45, 7) is 12.2. The molecule has 6 aromatic rings. The minimum Gasteiger partial charge on any atom is -0.444 e. The van der Waals surface area contributed by atoms with E-state index < -0.39 is 35.2 Å². The molecule has 7 heterocycles. The minimum absolute atomic E-state index is 0. The Hall–Kier alpha value is -5.39. The molecule has 7 N–H and O–H groups in total. The van der Waals surface area contributed by atoms with Crippen molar-refractivity contribution in [2.24, 2.45) is 5.73 Å². The molecule has 1 aliphatic heterocycles. The number of nitrogens with two attached hydrogens (primary N) is 1. The van der Waals surface area contributed by atoms with Crippen LogP contribution in [0.5, 0.6) is 0 Å². The summed E-state index contributed by atoms with van der Waals surface area (Å²) in [6.07, 6.45) is 11.7. The summed E-state index contributed by atoms with van der Waals surface area (Å²) in [6, 6.07) is 7.52. The zero-order valence-electron chi connectivity index (χ0n) is 32.4. The zero-order valence-corrected chi connectivity index (χ0v) is 35.5. The monoisotopic (exact) mass is 876 g/mol. The maximum absolute atomic E-state index is 11.6. The number of fused-ring (bicyclic) bond motifs is 3. The molecule has 310 valence electrons. The number of nitrogens with one attached hydrogen (secondary N) is 5. The number of ether oxygens (including phenoxy) is 2. The van der Waals surface area contributed by atoms with E-state index in [0.29, 0.717) is 39.7 Å². The number of imide groups is 1. The highest BCUT2D eigenvalue weighted by molar-refractivity contribution is 6.36. The van der Waals surface area contributed by atoms with Gasteiger partial charge in [0, 0.05) is 96.9 Å². The van der Waals surface area contributed by atoms with Gasteiger partial charge in [-0.3, -0.25) is 9.59 Å². The predicted molar refractivity (Wildman–Crippen MR) is 226 cm³/mol. The number of hydrogen-bond acceptors (Lipinski definition) is 10. The van der Waals surface area contributed by atoms with Crippen LogP contribution in [0.3, 0.4) is 0 Å². The van der Waals surface area contributed by atoms with Crippen LogP contribution in [0.25, 0.3) is 33.1 Å². The first kappa shape index (κ1) is 47.0. The van der Waals surface area contributed by atoms with Crippen molar-refractivity contribution in [1.29, 1.82) is 0 Å². The van der Waals surface area contributed by atoms with Crippen LogP contribution < -0.4 is 16.4 Å². The fourth-order valence-corrected chi connectivity index (χ4v) is 5.64. The third-order valence-corrected chi connectivity index (χ3v) is 8.32. The van der Waals surface area contributed by atoms with Crippen LogP contribution in [0.15, 0.2) is 73.6 Å². The molecule has 0 bridgehead atoms. The number of halogens is 4. The van der Waals surface area contributed by atoms with E-state index in [9.17, 15) is 19.2 Å². The molecule has 0 aliphatic carbocycles. The maximum Gasteiger partial charge on any atom is 0.407 e. The van der Waals surface area contributed by atoms with Crippen molar-refractivity contribution in [3.63, 3.8) is 0 Å². The summed E-state index contributed by atoms with van der Waals surface area (Å²) in [4.78, 5) is 65.1. The molecular formula is C38H44Cl4N10O6. The molecule has 0 radical (unpaired) electrons. The van der Waals surface area contributed by atoms with Gasteiger partial charge in [0.1, 0.15) is 28.1 Å². The molecule has 0 saturated heterocycles. The molecule has 7 rings (SSSR count). The Morgan fingerprint density at radius 1 is 0.707 bits per heavy atom. The van der Waals surface area contributed by atoms with Crippen molar-refractivity contribution in [3.05, 3.63) is 100 Å². The smallest absolute Gasteiger partial charge is 0.407 e. The molecule has 0 unspecified atom stereocenters. The van der Waals surface area contributed by atoms with Crippen molar-refractivity contribution in [2.45, 2.75) is 72.4 Å². The van der Waals surface area contributed by atoms with E-state index in [1.165, 1.54) is 0 Å². The van der Waals surface area contributed by atoms with Crippen LogP contribution in [-0.2, 0) is 38.7 Å². The van der Waals surface area contributed by atoms with Crippen molar-refractivity contribution in [2.75, 3.05) is 0 Å². The highest BCUT2D eigenvalue weighted by Crippen LogP contribution is 2.26. The topological polar surface area (TPSA) is 226 Å². The molecule has 6 aromatic heterocycles. The van der Waals surface area contributed by atoms with Crippen LogP contribution in [0.4, 0.5) is 9.59 Å². The fraction of sp³-hybridized carbons (Fsp3) is 0.289. The van der Waals surface area contributed by atoms with E-state index in [2.05, 4.69) is 40.5 Å². The van der Waals surface area contributed by atoms with Crippen LogP contribution >= 0.6 is 47.4 Å². The molecule has 0 aromatic carbocycles. The van der Waals surface area contributed by atoms with Gasteiger partial charge >= 0.3 is 12.2 Å². The molecule has 1 aliphatic rings. The summed E-state index contributed by atoms with van der Waals surface area (Å²) in [5.41, 5.74) is 9.78. The van der Waals surface area contributed by atoms with Crippen LogP contribution in [0.1, 0.15) is 58.2 Å². The lowest BCUT2D eigenvalue weighted by Crippen LogP contribution is -2.32. The van der Waals surface area contributed by atoms with Gasteiger partial charge in [-0.05, 0) is 82.5 Å². The lowest BCUT2D eigenvalue weighted by Gasteiger charge is -2.19. The molecular weight excluding hydrogens is 834 g/mol. The molecule has 58 heavy (non-hydrogen) atoms. The average Bonchev–Trinajstić information content (AvgIpc) is 3.94. The summed E-state index contributed by atoms with van der Waals surface area (Å²) in [7, 11) is 0. The molecule has 20 heteroatoms. The minimum atomic E-state index is -0.511. The molecule has 0 spiro atoms. The molecule has 0 atom stereocenters. The number of carbonyl (C=O) groups is 4. The second kappa shape index (κ2) is 20.9. The van der Waals surface area contributed by atoms with E-state index in [1.54, 1.807) is 31.0 Å². The first-order chi connectivity index (χ1) is 26.9. The van der Waals surface area contributed by atoms with Gasteiger partial charge in [-0.2, -0.15) is 4.42 Å². The summed E-state index contributed by atoms with van der Waals surface area (Å²) in [5.74, 6) is -0.951. The number of aromatic amines is 3. The van der Waals surface area contributed by atoms with E-state index in [0.717, 1.165) is 56.3 Å². The van der Waals surface area contributed by atoms with Crippen molar-refractivity contribution in [3.8, 4) is 0 Å². The number of carbonyl (C=O) groups excluding carboxylic acids is 4. The molecule has 0 fully saturated rings. The van der Waals surface area contributed by atoms with E-state index in [-0.39, 0.29) is 12.4 Å². The second-order valence-electron chi connectivity index (χ2n) is 14.1. The first-order valence-electron chi connectivity index (χ1n) is 17.3. The molecule has 4 amide bonds. The number of H-pyrrole nitrogens is 3. The fourth-order valence-electron chi connectivity index (χ4n) is 5.00. The lowest BCUT2D eigenvalue weighted by atomic mass is 10.2. The number of hydrogen-bond donors (Lipinski definition) is 6. The Balaban J connectivity index is 0.000000215. The Morgan fingerprint density at radius 2 is 1.14 bits per heavy atom. The predicted octanol–water partition coefficient (Wildman–Crippen LogP) is 7.99. The molecule has 0 saturated carbocycles. The summed E-state index contributed by atoms with van der Waals surface area (Å²) < 4.78 is 10.9. The van der Waals surface area contributed by atoms with Gasteiger partial charge in [-0.1, -0.05) is 23.2 Å². The number of rotatable bonds is 5. The SMILES string of the molecule is CC(C)(C)OC(=O)NCc1ccnc2[nH]cc(Cl)c12.CC(C)(C)OC(=O)NCc1ccnc2[nH]ccc12.Cl.NCc1ccnc2[nH]cc(Cl)c12.O=C1C=CC(=O)N1Cl. The van der Waals surface area contributed by atoms with Crippen LogP contribution in [-0.4, -0.2) is 69.5 Å². The van der Waals surface area contributed by atoms with Gasteiger partial charge in [-0.25, -0.2) is 24.5 Å². The normalized spacial score (nSPS) is 12.1. The highest BCUT2D eigenvalue weighted by atomic mass is 35.5. The number of aromatic nitrogens is 6. The van der Waals surface area contributed by atoms with Gasteiger partial charge in [0.05, 0.1) is 10.0 Å². The largest absolute Gasteiger partial charge is 0.444 e. The van der Waals surface area contributed by atoms with Crippen LogP contribution in [0.2, 0.25) is 10.0 Å². The summed E-state index contributed by atoms with van der Waals surface area (Å²) >= 11 is 17.1. The van der Waals surface area contributed by atoms with E-state index in [1.807, 2.05) is 72.0 Å². The second-order valence-corrected chi connectivity index (χ2v) is 15.2. The Kier molecular flexibility index (Phi) is 16.9. The van der Waals surface area contributed by atoms with Gasteiger partial charge < -0.3 is 40.8 Å². The lowest BCUT2D eigenvalue weighted by molar-refractivity contribution is -0.131. The van der Waals surface area contributed by atoms with Crippen molar-refractivity contribution in [1.82, 2.24) is 45.0 Å². The number of pyridine rings is 3. The van der Waals surface area contributed by atoms with E-state index in [4.69, 9.17) is 50.2 Å². The summed E-state index contributed by atoms with van der Waals surface area (Å²) in [5, 5.41) is 9.46. The molecule has 16 nitrogen and oxygen atoms in total. The van der Waals surface area contributed by atoms with Crippen LogP contribution in [0, 0.1) is 0 Å². The van der Waals surface area contributed by atoms with Gasteiger partial charge in [0.15, 0.2) is 0 Å². The standard InChI is InChI=1S/C13H16ClN3O2.C13H17N3O2.C8H8ClN3.C4H2ClNO2.ClH/c1-13(2,3)19-12(18)17-6-8-4-5-15-11-10(8)9(14)7-16-11;1-13(2,3)18-12(17)16-8-9-4-6-14-11-10(9)5-7-15-11;9-6-4-12-8-7(6)5(3-10)1-2-11-8;5-6-3(7)1-2-4(6)8;/h4-5,7H,6H2,1-3H3,(H,15,16)(H,17,18);4-7H,8H2,1-3H3,(H,14,15)(H,16,17);1-2,4H,3,10H2,(H,11,12);1-2H;1H. The Bertz CT molecular complexity index is 2360. The third kappa shape index (κ3) is 13.6. The quantitative estimate of drug-likeness (QED) is 0.0723. The van der Waals surface area contributed by atoms with E-state index >= 15 is 0 Å². The highest BCUT2D eigenvalue weighted by Gasteiger charge is 2.20. The maximum atomic E-state index is 11.6. The van der Waals surface area contributed by atoms with Crippen molar-refractivity contribution < 1.29 is 28.7 Å². The Morgan fingerprint density at radius 3 is 1.59 bits per heavy atom. The third-order valence-electron chi connectivity index (χ3n) is 7.39. The van der Waals surface area contributed by atoms with Gasteiger partial charge in [-0.15, -0.1) is 12.4 Å². The Labute approximate surface area is 355 Å². The first-order valence-corrected chi connectivity index (χ1v) is 18.4.